The van der Waals surface area contributed by atoms with Crippen molar-refractivity contribution in [1.82, 2.24) is 20.3 Å². The Kier molecular flexibility index (Phi) is 6.71. The first kappa shape index (κ1) is 22.5. The van der Waals surface area contributed by atoms with Crippen molar-refractivity contribution in [3.63, 3.8) is 0 Å². The summed E-state index contributed by atoms with van der Waals surface area (Å²) in [5.41, 5.74) is 0.533. The molecule has 3 aromatic rings. The second-order valence-corrected chi connectivity index (χ2v) is 7.86. The lowest BCUT2D eigenvalue weighted by atomic mass is 9.91. The highest BCUT2D eigenvalue weighted by Gasteiger charge is 2.24. The molecule has 172 valence electrons. The number of aromatic amines is 1. The van der Waals surface area contributed by atoms with Crippen molar-refractivity contribution in [1.29, 1.82) is 0 Å². The average Bonchev–Trinajstić information content (AvgIpc) is 3.22. The third kappa shape index (κ3) is 5.05. The predicted octanol–water partition coefficient (Wildman–Crippen LogP) is 4.60. The maximum atomic E-state index is 14.5. The Morgan fingerprint density at radius 3 is 2.82 bits per heavy atom. The number of hydrogen-bond donors (Lipinski definition) is 3. The molecule has 0 unspecified atom stereocenters. The number of hydrogen-bond acceptors (Lipinski definition) is 5. The molecule has 7 nitrogen and oxygen atoms in total. The molecule has 1 fully saturated rings. The van der Waals surface area contributed by atoms with E-state index in [1.54, 1.807) is 19.3 Å². The molecule has 33 heavy (non-hydrogen) atoms. The summed E-state index contributed by atoms with van der Waals surface area (Å²) in [6.45, 7) is 3.42. The minimum absolute atomic E-state index is 0.0222. The summed E-state index contributed by atoms with van der Waals surface area (Å²) >= 11 is 0. The van der Waals surface area contributed by atoms with E-state index < -0.39 is 17.5 Å². The van der Waals surface area contributed by atoms with Crippen LogP contribution in [-0.4, -0.2) is 46.6 Å². The Hall–Kier alpha value is -3.69. The van der Waals surface area contributed by atoms with Crippen molar-refractivity contribution in [2.75, 3.05) is 12.4 Å². The van der Waals surface area contributed by atoms with Gasteiger partial charge in [0, 0.05) is 48.5 Å². The van der Waals surface area contributed by atoms with E-state index in [-0.39, 0.29) is 29.2 Å². The molecular formula is C23H24F3N7. The Bertz CT molecular complexity index is 1220. The molecule has 2 heterocycles. The third-order valence-electron chi connectivity index (χ3n) is 5.64. The van der Waals surface area contributed by atoms with Gasteiger partial charge in [-0.2, -0.15) is 0 Å². The number of halogens is 3. The van der Waals surface area contributed by atoms with Gasteiger partial charge < -0.3 is 15.6 Å². The number of H-pyrrole nitrogens is 1. The number of aromatic nitrogens is 3. The fraction of sp³-hybridized carbons (Fsp3) is 0.304. The molecule has 0 radical (unpaired) electrons. The van der Waals surface area contributed by atoms with Crippen LogP contribution in [0.1, 0.15) is 25.7 Å². The zero-order valence-corrected chi connectivity index (χ0v) is 18.1. The van der Waals surface area contributed by atoms with Crippen LogP contribution in [0.15, 0.2) is 46.8 Å². The van der Waals surface area contributed by atoms with Gasteiger partial charge in [-0.05, 0) is 44.5 Å². The number of nitrogens with zero attached hydrogens (tertiary/aromatic N) is 4. The summed E-state index contributed by atoms with van der Waals surface area (Å²) in [4.78, 5) is 19.0. The van der Waals surface area contributed by atoms with Crippen molar-refractivity contribution in [2.45, 2.75) is 37.8 Å². The zero-order chi connectivity index (χ0) is 23.4. The molecule has 10 heteroatoms. The number of anilines is 1. The topological polar surface area (TPSA) is 90.4 Å². The first-order valence-electron chi connectivity index (χ1n) is 10.6. The number of amidine groups is 1. The minimum atomic E-state index is -0.717. The molecule has 3 N–H and O–H groups in total. The van der Waals surface area contributed by atoms with Gasteiger partial charge in [0.25, 0.3) is 0 Å². The summed E-state index contributed by atoms with van der Waals surface area (Å²) in [6.07, 6.45) is 9.34. The maximum Gasteiger partial charge on any atom is 0.183 e. The fourth-order valence-corrected chi connectivity index (χ4v) is 4.10. The summed E-state index contributed by atoms with van der Waals surface area (Å²) in [6, 6.07) is 2.12. The summed E-state index contributed by atoms with van der Waals surface area (Å²) < 4.78 is 42.3. The normalized spacial score (nSPS) is 19.2. The van der Waals surface area contributed by atoms with Crippen LogP contribution in [0.5, 0.6) is 0 Å². The monoisotopic (exact) mass is 455 g/mol. The summed E-state index contributed by atoms with van der Waals surface area (Å²) in [5, 5.41) is 6.84. The summed E-state index contributed by atoms with van der Waals surface area (Å²) in [5.74, 6) is -1.11. The molecule has 1 saturated carbocycles. The number of rotatable bonds is 6. The largest absolute Gasteiger partial charge is 0.368 e. The van der Waals surface area contributed by atoms with Gasteiger partial charge in [0.1, 0.15) is 17.5 Å². The van der Waals surface area contributed by atoms with Gasteiger partial charge in [0.2, 0.25) is 0 Å². The molecule has 0 saturated heterocycles. The van der Waals surface area contributed by atoms with Gasteiger partial charge in [-0.1, -0.05) is 0 Å². The lowest BCUT2D eigenvalue weighted by Crippen LogP contribution is -2.41. The Morgan fingerprint density at radius 2 is 2.03 bits per heavy atom. The molecule has 2 aromatic heterocycles. The number of fused-ring (bicyclic) bond motifs is 1. The van der Waals surface area contributed by atoms with Crippen LogP contribution in [0.3, 0.4) is 0 Å². The highest BCUT2D eigenvalue weighted by atomic mass is 19.1. The Morgan fingerprint density at radius 1 is 1.21 bits per heavy atom. The van der Waals surface area contributed by atoms with Gasteiger partial charge in [-0.25, -0.2) is 23.1 Å². The molecule has 0 amide bonds. The van der Waals surface area contributed by atoms with E-state index in [9.17, 15) is 13.2 Å². The van der Waals surface area contributed by atoms with E-state index in [0.717, 1.165) is 37.9 Å². The van der Waals surface area contributed by atoms with Crippen LogP contribution in [0.4, 0.5) is 19.0 Å². The summed E-state index contributed by atoms with van der Waals surface area (Å²) in [7, 11) is 1.69. The average molecular weight is 455 g/mol. The molecule has 1 aromatic carbocycles. The predicted molar refractivity (Wildman–Crippen MR) is 124 cm³/mol. The van der Waals surface area contributed by atoms with E-state index in [4.69, 9.17) is 0 Å². The van der Waals surface area contributed by atoms with E-state index >= 15 is 0 Å². The molecular weight excluding hydrogens is 431 g/mol. The Balaban J connectivity index is 1.53. The SMILES string of the molecule is C=N/C=C\C(=NC)N[C@H]1CCC[C@@H](Nc2nc(-c3c[nH]c4c(F)cc(F)cc34)ncc2F)C1. The van der Waals surface area contributed by atoms with Gasteiger partial charge in [0.05, 0.1) is 11.7 Å². The van der Waals surface area contributed by atoms with Crippen LogP contribution in [0.25, 0.3) is 22.3 Å². The van der Waals surface area contributed by atoms with Crippen molar-refractivity contribution in [3.8, 4) is 11.4 Å². The molecule has 1 aliphatic rings. The zero-order valence-electron chi connectivity index (χ0n) is 18.1. The molecule has 0 bridgehead atoms. The fourth-order valence-electron chi connectivity index (χ4n) is 4.10. The molecule has 2 atom stereocenters. The lowest BCUT2D eigenvalue weighted by molar-refractivity contribution is 0.384. The lowest BCUT2D eigenvalue weighted by Gasteiger charge is -2.31. The first-order chi connectivity index (χ1) is 16.0. The highest BCUT2D eigenvalue weighted by Crippen LogP contribution is 2.30. The maximum absolute atomic E-state index is 14.5. The van der Waals surface area contributed by atoms with Gasteiger partial charge >= 0.3 is 0 Å². The quantitative estimate of drug-likeness (QED) is 0.374. The highest BCUT2D eigenvalue weighted by molar-refractivity contribution is 5.94. The van der Waals surface area contributed by atoms with Crippen LogP contribution < -0.4 is 10.6 Å². The number of benzene rings is 1. The van der Waals surface area contributed by atoms with E-state index in [1.807, 2.05) is 0 Å². The first-order valence-corrected chi connectivity index (χ1v) is 10.6. The standard InChI is InChI=1S/C23H24F3N7/c1-27-7-6-20(28-2)31-14-4-3-5-15(10-14)32-23-19(26)12-30-22(33-23)17-11-29-21-16(17)8-13(24)9-18(21)25/h6-9,11-12,14-15,29H,1,3-5,10H2,2H3,(H,28,31)(H,30,32,33)/b7-6-/t14-,15+/m0/s1. The molecule has 4 rings (SSSR count). The smallest absolute Gasteiger partial charge is 0.183 e. The number of aliphatic imine (C=N–C) groups is 2. The van der Waals surface area contributed by atoms with Crippen LogP contribution in [-0.2, 0) is 0 Å². The van der Waals surface area contributed by atoms with Crippen LogP contribution in [0, 0.1) is 17.5 Å². The van der Waals surface area contributed by atoms with Crippen molar-refractivity contribution in [3.05, 3.63) is 54.3 Å². The van der Waals surface area contributed by atoms with Crippen molar-refractivity contribution < 1.29 is 13.2 Å². The molecule has 0 aliphatic heterocycles. The number of nitrogens with one attached hydrogen (secondary N) is 3. The second-order valence-electron chi connectivity index (χ2n) is 7.86. The van der Waals surface area contributed by atoms with E-state index in [1.165, 1.54) is 12.3 Å². The second kappa shape index (κ2) is 9.85. The van der Waals surface area contributed by atoms with Crippen molar-refractivity contribution >= 4 is 29.3 Å². The van der Waals surface area contributed by atoms with E-state index in [2.05, 4.69) is 42.3 Å². The third-order valence-corrected chi connectivity index (χ3v) is 5.64. The van der Waals surface area contributed by atoms with Crippen LogP contribution in [0.2, 0.25) is 0 Å². The minimum Gasteiger partial charge on any atom is -0.368 e. The molecule has 1 aliphatic carbocycles. The van der Waals surface area contributed by atoms with Crippen molar-refractivity contribution in [2.24, 2.45) is 9.98 Å². The van der Waals surface area contributed by atoms with Gasteiger partial charge in [0.15, 0.2) is 17.5 Å². The van der Waals surface area contributed by atoms with Gasteiger partial charge in [-0.15, -0.1) is 0 Å². The Labute approximate surface area is 189 Å². The van der Waals surface area contributed by atoms with Gasteiger partial charge in [-0.3, -0.25) is 9.98 Å². The van der Waals surface area contributed by atoms with Crippen LogP contribution >= 0.6 is 0 Å². The van der Waals surface area contributed by atoms with E-state index in [0.29, 0.717) is 16.8 Å². The molecule has 0 spiro atoms.